The van der Waals surface area contributed by atoms with Crippen molar-refractivity contribution in [3.8, 4) is 0 Å². The topological polar surface area (TPSA) is 100 Å². The van der Waals surface area contributed by atoms with Gasteiger partial charge in [0, 0.05) is 44.9 Å². The number of hydrogen-bond donors (Lipinski definition) is 3. The molecule has 4 fully saturated rings. The molecule has 0 aromatic rings. The predicted molar refractivity (Wildman–Crippen MR) is 108 cm³/mol. The summed E-state index contributed by atoms with van der Waals surface area (Å²) in [5.74, 6) is 0.505. The number of sulfonamides is 1. The van der Waals surface area contributed by atoms with Crippen molar-refractivity contribution < 1.29 is 42.7 Å². The first-order valence-corrected chi connectivity index (χ1v) is 12.1. The summed E-state index contributed by atoms with van der Waals surface area (Å²) in [5.41, 5.74) is 6.71. The van der Waals surface area contributed by atoms with Crippen LogP contribution in [0.1, 0.15) is 25.7 Å². The average Bonchev–Trinajstić information content (AvgIpc) is 3.15. The van der Waals surface area contributed by atoms with Gasteiger partial charge in [-0.3, -0.25) is 10.9 Å². The van der Waals surface area contributed by atoms with E-state index in [9.17, 15) is 8.42 Å². The molecule has 3 N–H and O–H groups in total. The molecule has 1 aliphatic carbocycles. The van der Waals surface area contributed by atoms with Crippen molar-refractivity contribution in [2.24, 2.45) is 5.92 Å². The van der Waals surface area contributed by atoms with E-state index in [1.807, 2.05) is 7.05 Å². The van der Waals surface area contributed by atoms with E-state index >= 15 is 0 Å². The Balaban J connectivity index is 0.00000240. The Morgan fingerprint density at radius 3 is 2.93 bits per heavy atom. The van der Waals surface area contributed by atoms with Crippen molar-refractivity contribution in [2.75, 3.05) is 46.4 Å². The minimum Gasteiger partial charge on any atom is -0.658 e. The van der Waals surface area contributed by atoms with E-state index in [4.69, 9.17) is 10.1 Å². The maximum Gasteiger partial charge on any atom is 1.00 e. The molecular weight excluding hydrogens is 403 g/mol. The molecule has 0 amide bonds. The number of likely N-dealkylation sites (N-methyl/N-ethyl adjacent to an activating group) is 1. The minimum absolute atomic E-state index is 0. The largest absolute Gasteiger partial charge is 1.00 e. The Morgan fingerprint density at radius 2 is 2.10 bits per heavy atom. The van der Waals surface area contributed by atoms with Gasteiger partial charge in [-0.1, -0.05) is 11.7 Å². The number of hydrazine groups is 2. The molecular formula is C18H34N6NaO3S-. The smallest absolute Gasteiger partial charge is 0.658 e. The fourth-order valence-electron chi connectivity index (χ4n) is 5.08. The minimum atomic E-state index is -3.52. The molecule has 3 heterocycles. The SMILES string of the molecule is [CH2-]C(C[N-]C1CNN2CCCOCC12)S(=O)(=O)NC1CCCC2CNN(C)C21.[Na+]. The average molecular weight is 438 g/mol. The van der Waals surface area contributed by atoms with E-state index in [0.29, 0.717) is 12.5 Å². The number of ether oxygens (including phenoxy) is 1. The molecule has 0 bridgehead atoms. The van der Waals surface area contributed by atoms with Gasteiger partial charge in [0.25, 0.3) is 0 Å². The number of hydrogen-bond acceptors (Lipinski definition) is 7. The summed E-state index contributed by atoms with van der Waals surface area (Å²) >= 11 is 0. The molecule has 4 rings (SSSR count). The molecule has 3 saturated heterocycles. The number of rotatable bonds is 6. The molecule has 9 nitrogen and oxygen atoms in total. The molecule has 29 heavy (non-hydrogen) atoms. The maximum absolute atomic E-state index is 12.9. The summed E-state index contributed by atoms with van der Waals surface area (Å²) < 4.78 is 34.4. The van der Waals surface area contributed by atoms with Crippen LogP contribution >= 0.6 is 0 Å². The second-order valence-electron chi connectivity index (χ2n) is 8.53. The van der Waals surface area contributed by atoms with Crippen LogP contribution in [-0.2, 0) is 14.8 Å². The Kier molecular flexibility index (Phi) is 8.82. The van der Waals surface area contributed by atoms with Crippen LogP contribution in [0, 0.1) is 12.8 Å². The van der Waals surface area contributed by atoms with Crippen LogP contribution in [0.15, 0.2) is 0 Å². The van der Waals surface area contributed by atoms with E-state index in [1.165, 1.54) is 0 Å². The van der Waals surface area contributed by atoms with Crippen LogP contribution in [0.5, 0.6) is 0 Å². The zero-order valence-electron chi connectivity index (χ0n) is 17.7. The van der Waals surface area contributed by atoms with Crippen molar-refractivity contribution in [3.05, 3.63) is 12.2 Å². The molecule has 0 aromatic carbocycles. The number of nitrogens with one attached hydrogen (secondary N) is 3. The maximum atomic E-state index is 12.9. The molecule has 1 saturated carbocycles. The van der Waals surface area contributed by atoms with Gasteiger partial charge in [-0.2, -0.15) is 6.54 Å². The number of nitrogens with zero attached hydrogens (tertiary/aromatic N) is 3. The molecule has 0 aromatic heterocycles. The summed E-state index contributed by atoms with van der Waals surface area (Å²) in [5, 5.41) is 8.18. The van der Waals surface area contributed by atoms with Gasteiger partial charge in [0.2, 0.25) is 0 Å². The fourth-order valence-corrected chi connectivity index (χ4v) is 6.23. The van der Waals surface area contributed by atoms with Crippen LogP contribution in [0.2, 0.25) is 0 Å². The molecule has 3 aliphatic heterocycles. The molecule has 4 aliphatic rings. The third kappa shape index (κ3) is 5.54. The summed E-state index contributed by atoms with van der Waals surface area (Å²) in [7, 11) is -1.52. The first-order chi connectivity index (χ1) is 13.5. The van der Waals surface area contributed by atoms with Crippen molar-refractivity contribution in [1.82, 2.24) is 25.6 Å². The van der Waals surface area contributed by atoms with Crippen LogP contribution in [0.25, 0.3) is 5.32 Å². The van der Waals surface area contributed by atoms with Crippen LogP contribution < -0.4 is 45.1 Å². The Labute approximate surface area is 197 Å². The second-order valence-corrected chi connectivity index (χ2v) is 10.5. The second kappa shape index (κ2) is 10.5. The summed E-state index contributed by atoms with van der Waals surface area (Å²) in [6.07, 6.45) is 4.08. The van der Waals surface area contributed by atoms with Crippen LogP contribution in [0.4, 0.5) is 0 Å². The zero-order valence-corrected chi connectivity index (χ0v) is 20.5. The fraction of sp³-hybridized carbons (Fsp3) is 0.944. The van der Waals surface area contributed by atoms with E-state index in [1.54, 1.807) is 0 Å². The van der Waals surface area contributed by atoms with Crippen LogP contribution in [-0.4, -0.2) is 94.3 Å². The molecule has 0 radical (unpaired) electrons. The predicted octanol–water partition coefficient (Wildman–Crippen LogP) is -3.55. The molecule has 0 spiro atoms. The van der Waals surface area contributed by atoms with Gasteiger partial charge >= 0.3 is 29.6 Å². The normalized spacial score (nSPS) is 37.4. The van der Waals surface area contributed by atoms with Gasteiger partial charge in [0.1, 0.15) is 0 Å². The van der Waals surface area contributed by atoms with Crippen molar-refractivity contribution in [3.63, 3.8) is 0 Å². The van der Waals surface area contributed by atoms with Crippen molar-refractivity contribution >= 4 is 10.0 Å². The van der Waals surface area contributed by atoms with Crippen LogP contribution in [0.3, 0.4) is 0 Å². The van der Waals surface area contributed by atoms with E-state index in [-0.39, 0.29) is 60.3 Å². The first-order valence-electron chi connectivity index (χ1n) is 10.5. The van der Waals surface area contributed by atoms with Crippen molar-refractivity contribution in [1.29, 1.82) is 0 Å². The van der Waals surface area contributed by atoms with Gasteiger partial charge < -0.3 is 17.0 Å². The van der Waals surface area contributed by atoms with Gasteiger partial charge in [0.15, 0.2) is 10.0 Å². The molecule has 6 atom stereocenters. The summed E-state index contributed by atoms with van der Waals surface area (Å²) in [6, 6.07) is 0.375. The summed E-state index contributed by atoms with van der Waals surface area (Å²) in [4.78, 5) is 0. The van der Waals surface area contributed by atoms with Gasteiger partial charge in [-0.25, -0.2) is 23.2 Å². The third-order valence-corrected chi connectivity index (χ3v) is 8.32. The van der Waals surface area contributed by atoms with Gasteiger partial charge in [-0.05, 0) is 31.7 Å². The van der Waals surface area contributed by atoms with E-state index < -0.39 is 15.3 Å². The summed E-state index contributed by atoms with van der Waals surface area (Å²) in [6.45, 7) is 8.14. The third-order valence-electron chi connectivity index (χ3n) is 6.66. The Hall–Kier alpha value is 0.670. The first kappa shape index (κ1) is 24.3. The van der Waals surface area contributed by atoms with E-state index in [2.05, 4.69) is 32.5 Å². The zero-order chi connectivity index (χ0) is 19.7. The monoisotopic (exact) mass is 437 g/mol. The Morgan fingerprint density at radius 1 is 1.28 bits per heavy atom. The van der Waals surface area contributed by atoms with Crippen molar-refractivity contribution in [2.45, 2.75) is 55.1 Å². The number of fused-ring (bicyclic) bond motifs is 2. The molecule has 6 unspecified atom stereocenters. The standard InChI is InChI=1S/C18H34N6O3S.Na/c1-13(9-19-16-11-21-24-7-4-8-27-12-17(16)24)28(25,26)22-15-6-3-5-14-10-20-23(2)18(14)15;/h13-18,20-22H,1,3-12H2,2H3;/q-2;+1. The van der Waals surface area contributed by atoms with Gasteiger partial charge in [-0.15, -0.1) is 6.04 Å². The quantitative estimate of drug-likeness (QED) is 0.292. The molecule has 162 valence electrons. The Bertz CT molecular complexity index is 639. The van der Waals surface area contributed by atoms with E-state index in [0.717, 1.165) is 51.9 Å². The molecule has 11 heteroatoms. The van der Waals surface area contributed by atoms with Gasteiger partial charge in [0.05, 0.1) is 6.61 Å².